The molecule has 0 aliphatic rings. The van der Waals surface area contributed by atoms with Crippen LogP contribution in [-0.2, 0) is 4.79 Å². The molecule has 0 bridgehead atoms. The second kappa shape index (κ2) is 9.27. The van der Waals surface area contributed by atoms with Crippen molar-refractivity contribution in [1.29, 1.82) is 0 Å². The molecule has 4 nitrogen and oxygen atoms in total. The molecule has 1 N–H and O–H groups in total. The lowest BCUT2D eigenvalue weighted by molar-refractivity contribution is -0.124. The summed E-state index contributed by atoms with van der Waals surface area (Å²) in [5, 5.41) is 3.10. The molecule has 0 unspecified atom stereocenters. The fraction of sp³-hybridized carbons (Fsp3) is 0.409. The van der Waals surface area contributed by atoms with Gasteiger partial charge in [0.05, 0.1) is 13.2 Å². The van der Waals surface area contributed by atoms with Crippen LogP contribution in [0.5, 0.6) is 11.5 Å². The molecule has 0 fully saturated rings. The van der Waals surface area contributed by atoms with Crippen LogP contribution < -0.4 is 14.8 Å². The van der Waals surface area contributed by atoms with E-state index in [1.165, 1.54) is 0 Å². The Morgan fingerprint density at radius 1 is 1.00 bits per heavy atom. The van der Waals surface area contributed by atoms with E-state index in [1.54, 1.807) is 7.11 Å². The normalized spacial score (nSPS) is 11.9. The predicted octanol–water partition coefficient (Wildman–Crippen LogP) is 4.59. The average molecular weight is 355 g/mol. The molecule has 0 saturated heterocycles. The van der Waals surface area contributed by atoms with Gasteiger partial charge in [0.1, 0.15) is 11.5 Å². The Balaban J connectivity index is 2.00. The molecule has 2 rings (SSSR count). The molecular weight excluding hydrogens is 326 g/mol. The first-order valence-corrected chi connectivity index (χ1v) is 9.01. The van der Waals surface area contributed by atoms with Gasteiger partial charge in [-0.25, -0.2) is 0 Å². The number of amides is 1. The predicted molar refractivity (Wildman–Crippen MR) is 105 cm³/mol. The van der Waals surface area contributed by atoms with E-state index >= 15 is 0 Å². The van der Waals surface area contributed by atoms with E-state index in [9.17, 15) is 4.79 Å². The maximum absolute atomic E-state index is 12.4. The quantitative estimate of drug-likeness (QED) is 0.753. The summed E-state index contributed by atoms with van der Waals surface area (Å²) in [7, 11) is 1.65. The van der Waals surface area contributed by atoms with Crippen LogP contribution in [0.25, 0.3) is 0 Å². The molecule has 140 valence electrons. The van der Waals surface area contributed by atoms with Gasteiger partial charge >= 0.3 is 0 Å². The molecular formula is C22H29NO3. The zero-order valence-corrected chi connectivity index (χ0v) is 16.3. The van der Waals surface area contributed by atoms with Crippen LogP contribution >= 0.6 is 0 Å². The number of nitrogens with one attached hydrogen (secondary N) is 1. The highest BCUT2D eigenvalue weighted by atomic mass is 16.5. The highest BCUT2D eigenvalue weighted by Crippen LogP contribution is 2.23. The first-order chi connectivity index (χ1) is 12.4. The molecule has 0 spiro atoms. The Bertz CT molecular complexity index is 702. The molecule has 1 amide bonds. The van der Waals surface area contributed by atoms with Crippen molar-refractivity contribution in [2.45, 2.75) is 40.2 Å². The molecule has 0 aliphatic heterocycles. The van der Waals surface area contributed by atoms with E-state index in [0.29, 0.717) is 5.92 Å². The number of carbonyl (C=O) groups excluding carboxylic acids is 1. The third-order valence-electron chi connectivity index (χ3n) is 4.13. The Kier molecular flexibility index (Phi) is 7.07. The van der Waals surface area contributed by atoms with Gasteiger partial charge in [-0.2, -0.15) is 0 Å². The smallest absolute Gasteiger partial charge is 0.258 e. The molecule has 4 heteroatoms. The van der Waals surface area contributed by atoms with Crippen molar-refractivity contribution in [2.75, 3.05) is 13.7 Å². The largest absolute Gasteiger partial charge is 0.497 e. The van der Waals surface area contributed by atoms with E-state index in [1.807, 2.05) is 50.2 Å². The van der Waals surface area contributed by atoms with Crippen LogP contribution in [-0.4, -0.2) is 19.6 Å². The summed E-state index contributed by atoms with van der Waals surface area (Å²) in [4.78, 5) is 12.4. The number of hydrogen-bond donors (Lipinski definition) is 1. The summed E-state index contributed by atoms with van der Waals surface area (Å²) in [6.45, 7) is 8.33. The topological polar surface area (TPSA) is 47.6 Å². The summed E-state index contributed by atoms with van der Waals surface area (Å²) >= 11 is 0. The number of methoxy groups -OCH3 is 1. The van der Waals surface area contributed by atoms with Gasteiger partial charge in [-0.3, -0.25) is 4.79 Å². The highest BCUT2D eigenvalue weighted by molar-refractivity contribution is 5.78. The van der Waals surface area contributed by atoms with Crippen molar-refractivity contribution in [1.82, 2.24) is 5.32 Å². The number of benzene rings is 2. The highest BCUT2D eigenvalue weighted by Gasteiger charge is 2.17. The Labute approximate surface area is 156 Å². The standard InChI is InChI=1S/C22H29NO3/c1-15(2)10-21(18-6-8-19(25-5)9-7-18)23-22(24)14-26-20-12-16(3)11-17(4)13-20/h6-9,11-13,15,21H,10,14H2,1-5H3,(H,23,24)/t21-/m1/s1. The summed E-state index contributed by atoms with van der Waals surface area (Å²) in [5.74, 6) is 1.87. The van der Waals surface area contributed by atoms with Crippen LogP contribution in [0.1, 0.15) is 43.0 Å². The second-order valence-electron chi connectivity index (χ2n) is 7.13. The lowest BCUT2D eigenvalue weighted by Gasteiger charge is -2.21. The van der Waals surface area contributed by atoms with Crippen molar-refractivity contribution >= 4 is 5.91 Å². The van der Waals surface area contributed by atoms with E-state index < -0.39 is 0 Å². The van der Waals surface area contributed by atoms with Gasteiger partial charge in [0.2, 0.25) is 0 Å². The van der Waals surface area contributed by atoms with Crippen molar-refractivity contribution in [3.63, 3.8) is 0 Å². The van der Waals surface area contributed by atoms with Crippen LogP contribution in [0.2, 0.25) is 0 Å². The van der Waals surface area contributed by atoms with Crippen molar-refractivity contribution < 1.29 is 14.3 Å². The summed E-state index contributed by atoms with van der Waals surface area (Å²) < 4.78 is 10.9. The van der Waals surface area contributed by atoms with Gasteiger partial charge in [0.25, 0.3) is 5.91 Å². The average Bonchev–Trinajstić information content (AvgIpc) is 2.58. The molecule has 2 aromatic carbocycles. The zero-order valence-electron chi connectivity index (χ0n) is 16.3. The molecule has 0 aliphatic carbocycles. The van der Waals surface area contributed by atoms with Crippen molar-refractivity contribution in [2.24, 2.45) is 5.92 Å². The summed E-state index contributed by atoms with van der Waals surface area (Å²) in [6.07, 6.45) is 0.863. The van der Waals surface area contributed by atoms with Gasteiger partial charge in [-0.05, 0) is 67.1 Å². The fourth-order valence-corrected chi connectivity index (χ4v) is 2.99. The first-order valence-electron chi connectivity index (χ1n) is 9.01. The van der Waals surface area contributed by atoms with Gasteiger partial charge in [-0.15, -0.1) is 0 Å². The number of ether oxygens (including phenoxy) is 2. The summed E-state index contributed by atoms with van der Waals surface area (Å²) in [6, 6.07) is 13.7. The molecule has 26 heavy (non-hydrogen) atoms. The first kappa shape index (κ1) is 19.8. The van der Waals surface area contributed by atoms with E-state index in [4.69, 9.17) is 9.47 Å². The third-order valence-corrected chi connectivity index (χ3v) is 4.13. The van der Waals surface area contributed by atoms with Crippen LogP contribution in [0.4, 0.5) is 0 Å². The second-order valence-corrected chi connectivity index (χ2v) is 7.13. The van der Waals surface area contributed by atoms with E-state index in [0.717, 1.165) is 34.6 Å². The lowest BCUT2D eigenvalue weighted by Crippen LogP contribution is -2.33. The van der Waals surface area contributed by atoms with Gasteiger partial charge in [0, 0.05) is 0 Å². The molecule has 0 heterocycles. The maximum atomic E-state index is 12.4. The minimum Gasteiger partial charge on any atom is -0.497 e. The summed E-state index contributed by atoms with van der Waals surface area (Å²) in [5.41, 5.74) is 3.31. The molecule has 1 atom stereocenters. The van der Waals surface area contributed by atoms with Crippen molar-refractivity contribution in [3.05, 3.63) is 59.2 Å². The van der Waals surface area contributed by atoms with Crippen LogP contribution in [0.3, 0.4) is 0 Å². The minimum atomic E-state index is -0.120. The molecule has 0 saturated carbocycles. The molecule has 0 radical (unpaired) electrons. The van der Waals surface area contributed by atoms with Gasteiger partial charge in [0.15, 0.2) is 6.61 Å². The lowest BCUT2D eigenvalue weighted by atomic mass is 9.97. The fourth-order valence-electron chi connectivity index (χ4n) is 2.99. The zero-order chi connectivity index (χ0) is 19.1. The minimum absolute atomic E-state index is 0.00758. The third kappa shape index (κ3) is 6.10. The maximum Gasteiger partial charge on any atom is 0.258 e. The molecule has 2 aromatic rings. The monoisotopic (exact) mass is 355 g/mol. The Morgan fingerprint density at radius 3 is 2.15 bits per heavy atom. The number of rotatable bonds is 8. The Hall–Kier alpha value is -2.49. The molecule has 0 aromatic heterocycles. The number of carbonyl (C=O) groups is 1. The number of hydrogen-bond acceptors (Lipinski definition) is 3. The van der Waals surface area contributed by atoms with Crippen molar-refractivity contribution in [3.8, 4) is 11.5 Å². The SMILES string of the molecule is COc1ccc([C@@H](CC(C)C)NC(=O)COc2cc(C)cc(C)c2)cc1. The Morgan fingerprint density at radius 2 is 1.62 bits per heavy atom. The van der Waals surface area contributed by atoms with Crippen LogP contribution in [0.15, 0.2) is 42.5 Å². The van der Waals surface area contributed by atoms with Gasteiger partial charge < -0.3 is 14.8 Å². The number of aryl methyl sites for hydroxylation is 2. The van der Waals surface area contributed by atoms with E-state index in [2.05, 4.69) is 25.2 Å². The van der Waals surface area contributed by atoms with E-state index in [-0.39, 0.29) is 18.6 Å². The van der Waals surface area contributed by atoms with Crippen LogP contribution in [0, 0.1) is 19.8 Å². The van der Waals surface area contributed by atoms with Gasteiger partial charge in [-0.1, -0.05) is 32.0 Å².